The van der Waals surface area contributed by atoms with Crippen LogP contribution in [-0.2, 0) is 18.3 Å². The van der Waals surface area contributed by atoms with Gasteiger partial charge in [0.2, 0.25) is 0 Å². The van der Waals surface area contributed by atoms with Crippen molar-refractivity contribution in [2.75, 3.05) is 0 Å². The van der Waals surface area contributed by atoms with Crippen molar-refractivity contribution < 1.29 is 4.42 Å². The van der Waals surface area contributed by atoms with Crippen LogP contribution in [0, 0.1) is 0 Å². The van der Waals surface area contributed by atoms with Crippen LogP contribution in [-0.4, -0.2) is 11.5 Å². The van der Waals surface area contributed by atoms with Gasteiger partial charge in [-0.1, -0.05) is 153 Å². The Hall–Kier alpha value is -6.58. The molecule has 0 fully saturated rings. The summed E-state index contributed by atoms with van der Waals surface area (Å²) in [5.41, 5.74) is 20.0. The zero-order valence-electron chi connectivity index (χ0n) is 33.7. The van der Waals surface area contributed by atoms with Gasteiger partial charge < -0.3 is 4.42 Å². The lowest BCUT2D eigenvalue weighted by Crippen LogP contribution is -2.17. The minimum Gasteiger partial charge on any atom is -0.456 e. The molecule has 1 aliphatic heterocycles. The minimum atomic E-state index is -0.0125. The SMILES string of the molecule is CC1(C)c2ccccc2-c2c1ccc1c2-c2ccccc2CC1CCc1ccc(C2=C\CCC/C(c3ccc4oc5ccccc5c4c3)=N/C(c3ccccc3)=N\2)cc1. The molecule has 0 saturated heterocycles. The summed E-state index contributed by atoms with van der Waals surface area (Å²) in [6.45, 7) is 4.77. The van der Waals surface area contributed by atoms with E-state index in [4.69, 9.17) is 14.4 Å². The molecule has 59 heavy (non-hydrogen) atoms. The van der Waals surface area contributed by atoms with Crippen LogP contribution < -0.4 is 0 Å². The van der Waals surface area contributed by atoms with Crippen molar-refractivity contribution in [3.05, 3.63) is 208 Å². The summed E-state index contributed by atoms with van der Waals surface area (Å²) >= 11 is 0. The molecule has 2 aliphatic carbocycles. The molecule has 3 heteroatoms. The standard InChI is InChI=1S/C56H46N2O/c1-56(2)47-20-10-8-19-45(47)54-48(56)32-31-43-40(34-39-16-6-7-17-42(39)53(43)54)29-26-36-24-27-37(28-25-36)49-21-11-12-22-50(58-55(57-49)38-14-4-3-5-15-38)41-30-33-52-46(35-41)44-18-9-13-23-51(44)59-52/h3-10,13-21,23-25,27-28,30-33,35,40H,11-12,22,26,29,34H2,1-2H3/b49-21+,57-55-,58-50-. The highest BCUT2D eigenvalue weighted by molar-refractivity contribution is 6.16. The average molecular weight is 763 g/mol. The number of hydrogen-bond acceptors (Lipinski definition) is 3. The molecule has 3 aliphatic rings. The Kier molecular flexibility index (Phi) is 8.66. The molecule has 0 radical (unpaired) electrons. The van der Waals surface area contributed by atoms with Gasteiger partial charge in [0, 0.05) is 21.8 Å². The maximum absolute atomic E-state index is 6.15. The molecule has 1 aromatic heterocycles. The topological polar surface area (TPSA) is 37.9 Å². The van der Waals surface area contributed by atoms with Crippen LogP contribution in [0.25, 0.3) is 49.9 Å². The molecular weight excluding hydrogens is 717 g/mol. The first kappa shape index (κ1) is 35.6. The fraction of sp³-hybridized carbons (Fsp3) is 0.179. The number of fused-ring (bicyclic) bond motifs is 10. The summed E-state index contributed by atoms with van der Waals surface area (Å²) in [7, 11) is 0. The van der Waals surface area contributed by atoms with E-state index >= 15 is 0 Å². The fourth-order valence-electron chi connectivity index (χ4n) is 10.1. The molecule has 286 valence electrons. The molecule has 0 bridgehead atoms. The van der Waals surface area contributed by atoms with Crippen LogP contribution in [0.15, 0.2) is 178 Å². The predicted octanol–water partition coefficient (Wildman–Crippen LogP) is 14.3. The van der Waals surface area contributed by atoms with E-state index in [9.17, 15) is 0 Å². The van der Waals surface area contributed by atoms with Gasteiger partial charge in [0.05, 0.1) is 11.4 Å². The van der Waals surface area contributed by atoms with Gasteiger partial charge in [-0.15, -0.1) is 0 Å². The lowest BCUT2D eigenvalue weighted by molar-refractivity contribution is 0.614. The monoisotopic (exact) mass is 762 g/mol. The number of rotatable bonds is 6. The number of aliphatic imine (C=N–C) groups is 2. The minimum absolute atomic E-state index is 0.0125. The van der Waals surface area contributed by atoms with Crippen molar-refractivity contribution in [1.82, 2.24) is 0 Å². The summed E-state index contributed by atoms with van der Waals surface area (Å²) < 4.78 is 6.15. The highest BCUT2D eigenvalue weighted by Crippen LogP contribution is 2.56. The third-order valence-electron chi connectivity index (χ3n) is 13.2. The summed E-state index contributed by atoms with van der Waals surface area (Å²) in [6.07, 6.45) is 8.26. The smallest absolute Gasteiger partial charge is 0.160 e. The maximum Gasteiger partial charge on any atom is 0.160 e. The van der Waals surface area contributed by atoms with Gasteiger partial charge in [-0.05, 0) is 130 Å². The first-order valence-corrected chi connectivity index (χ1v) is 21.3. The van der Waals surface area contributed by atoms with Crippen LogP contribution in [0.4, 0.5) is 0 Å². The second kappa shape index (κ2) is 14.4. The van der Waals surface area contributed by atoms with Crippen LogP contribution in [0.3, 0.4) is 0 Å². The maximum atomic E-state index is 6.15. The average Bonchev–Trinajstić information content (AvgIpc) is 3.80. The molecule has 8 aromatic rings. The van der Waals surface area contributed by atoms with Crippen molar-refractivity contribution in [2.45, 2.75) is 63.7 Å². The Balaban J connectivity index is 0.894. The number of amidine groups is 1. The van der Waals surface area contributed by atoms with Gasteiger partial charge in [-0.3, -0.25) is 0 Å². The number of para-hydroxylation sites is 1. The fourth-order valence-corrected chi connectivity index (χ4v) is 10.1. The predicted molar refractivity (Wildman–Crippen MR) is 246 cm³/mol. The molecule has 1 unspecified atom stereocenters. The molecule has 7 aromatic carbocycles. The van der Waals surface area contributed by atoms with Gasteiger partial charge in [0.25, 0.3) is 0 Å². The first-order valence-electron chi connectivity index (χ1n) is 21.3. The number of furan rings is 1. The van der Waals surface area contributed by atoms with Crippen molar-refractivity contribution >= 4 is 39.2 Å². The quantitative estimate of drug-likeness (QED) is 0.166. The van der Waals surface area contributed by atoms with E-state index < -0.39 is 0 Å². The van der Waals surface area contributed by atoms with E-state index in [2.05, 4.69) is 159 Å². The highest BCUT2D eigenvalue weighted by Gasteiger charge is 2.39. The van der Waals surface area contributed by atoms with Crippen LogP contribution in [0.5, 0.6) is 0 Å². The van der Waals surface area contributed by atoms with Crippen molar-refractivity contribution in [3.8, 4) is 22.3 Å². The number of benzene rings is 7. The molecule has 2 heterocycles. The van der Waals surface area contributed by atoms with E-state index in [0.29, 0.717) is 5.92 Å². The Morgan fingerprint density at radius 1 is 0.610 bits per heavy atom. The zero-order chi connectivity index (χ0) is 39.5. The lowest BCUT2D eigenvalue weighted by atomic mass is 9.73. The third kappa shape index (κ3) is 6.19. The summed E-state index contributed by atoms with van der Waals surface area (Å²) in [5.74, 6) is 1.19. The first-order chi connectivity index (χ1) is 29.0. The number of allylic oxidation sites excluding steroid dienone is 1. The molecule has 11 rings (SSSR count). The van der Waals surface area contributed by atoms with Crippen molar-refractivity contribution in [2.24, 2.45) is 9.98 Å². The molecule has 0 spiro atoms. The Morgan fingerprint density at radius 2 is 1.36 bits per heavy atom. The molecule has 0 saturated carbocycles. The van der Waals surface area contributed by atoms with E-state index in [1.54, 1.807) is 0 Å². The summed E-state index contributed by atoms with van der Waals surface area (Å²) in [4.78, 5) is 10.7. The Bertz CT molecular complexity index is 3010. The highest BCUT2D eigenvalue weighted by atomic mass is 16.3. The molecule has 1 atom stereocenters. The van der Waals surface area contributed by atoms with Crippen LogP contribution in [0.1, 0.15) is 90.0 Å². The van der Waals surface area contributed by atoms with Gasteiger partial charge in [0.1, 0.15) is 11.2 Å². The van der Waals surface area contributed by atoms with E-state index in [1.165, 1.54) is 50.1 Å². The normalized spacial score (nSPS) is 19.4. The van der Waals surface area contributed by atoms with Gasteiger partial charge in [-0.2, -0.15) is 0 Å². The van der Waals surface area contributed by atoms with E-state index in [-0.39, 0.29) is 5.41 Å². The van der Waals surface area contributed by atoms with Gasteiger partial charge >= 0.3 is 0 Å². The van der Waals surface area contributed by atoms with Gasteiger partial charge in [-0.25, -0.2) is 9.98 Å². The van der Waals surface area contributed by atoms with Crippen LogP contribution in [0.2, 0.25) is 0 Å². The Morgan fingerprint density at radius 3 is 2.24 bits per heavy atom. The van der Waals surface area contributed by atoms with Crippen molar-refractivity contribution in [1.29, 1.82) is 0 Å². The number of aryl methyl sites for hydroxylation is 1. The zero-order valence-corrected chi connectivity index (χ0v) is 33.7. The second-order valence-electron chi connectivity index (χ2n) is 17.1. The van der Waals surface area contributed by atoms with Crippen molar-refractivity contribution in [3.63, 3.8) is 0 Å². The summed E-state index contributed by atoms with van der Waals surface area (Å²) in [5, 5.41) is 2.25. The lowest BCUT2D eigenvalue weighted by Gasteiger charge is -2.31. The van der Waals surface area contributed by atoms with E-state index in [1.807, 2.05) is 18.2 Å². The largest absolute Gasteiger partial charge is 0.456 e. The summed E-state index contributed by atoms with van der Waals surface area (Å²) in [6, 6.07) is 57.4. The number of nitrogens with zero attached hydrogens (tertiary/aromatic N) is 2. The van der Waals surface area contributed by atoms with Gasteiger partial charge in [0.15, 0.2) is 5.84 Å². The molecule has 0 N–H and O–H groups in total. The number of hydrogen-bond donors (Lipinski definition) is 0. The third-order valence-corrected chi connectivity index (χ3v) is 13.2. The molecule has 0 amide bonds. The van der Waals surface area contributed by atoms with Crippen LogP contribution >= 0.6 is 0 Å². The molecule has 3 nitrogen and oxygen atoms in total. The Labute approximate surface area is 346 Å². The molecular formula is C56H46N2O. The second-order valence-corrected chi connectivity index (χ2v) is 17.1. The van der Waals surface area contributed by atoms with E-state index in [0.717, 1.165) is 94.4 Å².